The summed E-state index contributed by atoms with van der Waals surface area (Å²) >= 11 is 7.95. The number of anilines is 1. The molecule has 0 bridgehead atoms. The minimum absolute atomic E-state index is 0.623. The highest BCUT2D eigenvalue weighted by Gasteiger charge is 2.15. The molecule has 4 heteroatoms. The maximum Gasteiger partial charge on any atom is 0.0543 e. The number of nitrogens with two attached hydrogens (primary N) is 1. The van der Waals surface area contributed by atoms with Crippen LogP contribution in [0.5, 0.6) is 0 Å². The van der Waals surface area contributed by atoms with Crippen LogP contribution in [0.15, 0.2) is 23.1 Å². The second-order valence-electron chi connectivity index (χ2n) is 3.78. The quantitative estimate of drug-likeness (QED) is 0.784. The first kappa shape index (κ1) is 11.1. The van der Waals surface area contributed by atoms with Gasteiger partial charge in [0.05, 0.1) is 5.02 Å². The fourth-order valence-electron chi connectivity index (χ4n) is 1.71. The summed E-state index contributed by atoms with van der Waals surface area (Å²) in [6, 6.07) is 5.67. The van der Waals surface area contributed by atoms with Gasteiger partial charge in [-0.1, -0.05) is 11.6 Å². The van der Waals surface area contributed by atoms with Crippen molar-refractivity contribution in [3.05, 3.63) is 23.2 Å². The second kappa shape index (κ2) is 5.10. The van der Waals surface area contributed by atoms with E-state index in [0.717, 1.165) is 28.7 Å². The Morgan fingerprint density at radius 1 is 1.47 bits per heavy atom. The van der Waals surface area contributed by atoms with E-state index in [4.69, 9.17) is 17.3 Å². The minimum atomic E-state index is 0.623. The van der Waals surface area contributed by atoms with Crippen LogP contribution in [0.3, 0.4) is 0 Å². The van der Waals surface area contributed by atoms with E-state index in [-0.39, 0.29) is 0 Å². The molecule has 0 spiro atoms. The Morgan fingerprint density at radius 3 is 3.07 bits per heavy atom. The van der Waals surface area contributed by atoms with Gasteiger partial charge in [0.25, 0.3) is 0 Å². The molecule has 1 atom stereocenters. The highest BCUT2D eigenvalue weighted by molar-refractivity contribution is 8.00. The van der Waals surface area contributed by atoms with Crippen LogP contribution in [0.2, 0.25) is 5.02 Å². The SMILES string of the molecule is Nc1ccc(Cl)c(SC2CCCNC2)c1. The van der Waals surface area contributed by atoms with Gasteiger partial charge in [-0.15, -0.1) is 11.8 Å². The summed E-state index contributed by atoms with van der Waals surface area (Å²) in [5.41, 5.74) is 6.53. The lowest BCUT2D eigenvalue weighted by Crippen LogP contribution is -2.31. The summed E-state index contributed by atoms with van der Waals surface area (Å²) in [4.78, 5) is 1.10. The number of hydrogen-bond acceptors (Lipinski definition) is 3. The van der Waals surface area contributed by atoms with Crippen LogP contribution in [-0.2, 0) is 0 Å². The summed E-state index contributed by atoms with van der Waals surface area (Å²) in [6.07, 6.45) is 2.50. The van der Waals surface area contributed by atoms with Gasteiger partial charge < -0.3 is 11.1 Å². The van der Waals surface area contributed by atoms with Crippen molar-refractivity contribution in [2.75, 3.05) is 18.8 Å². The van der Waals surface area contributed by atoms with Crippen LogP contribution in [0.4, 0.5) is 5.69 Å². The maximum absolute atomic E-state index is 6.12. The van der Waals surface area contributed by atoms with Gasteiger partial charge >= 0.3 is 0 Å². The molecule has 3 N–H and O–H groups in total. The molecule has 1 aliphatic heterocycles. The summed E-state index contributed by atoms with van der Waals surface area (Å²) in [5.74, 6) is 0. The molecule has 1 saturated heterocycles. The molecule has 1 aromatic rings. The minimum Gasteiger partial charge on any atom is -0.399 e. The number of rotatable bonds is 2. The third kappa shape index (κ3) is 3.03. The Balaban J connectivity index is 2.05. The van der Waals surface area contributed by atoms with Gasteiger partial charge in [-0.25, -0.2) is 0 Å². The third-order valence-corrected chi connectivity index (χ3v) is 4.27. The number of nitrogen functional groups attached to an aromatic ring is 1. The van der Waals surface area contributed by atoms with Gasteiger partial charge in [0, 0.05) is 22.4 Å². The normalized spacial score (nSPS) is 21.5. The van der Waals surface area contributed by atoms with Crippen molar-refractivity contribution in [1.82, 2.24) is 5.32 Å². The number of halogens is 1. The molecule has 1 aliphatic rings. The summed E-state index contributed by atoms with van der Waals surface area (Å²) in [5, 5.41) is 4.82. The van der Waals surface area contributed by atoms with E-state index < -0.39 is 0 Å². The first-order valence-corrected chi connectivity index (χ1v) is 6.44. The summed E-state index contributed by atoms with van der Waals surface area (Å²) in [6.45, 7) is 2.21. The van der Waals surface area contributed by atoms with Crippen molar-refractivity contribution in [3.8, 4) is 0 Å². The van der Waals surface area contributed by atoms with E-state index in [1.807, 2.05) is 30.0 Å². The third-order valence-electron chi connectivity index (χ3n) is 2.50. The Labute approximate surface area is 99.6 Å². The number of piperidine rings is 1. The highest BCUT2D eigenvalue weighted by atomic mass is 35.5. The zero-order chi connectivity index (χ0) is 10.7. The van der Waals surface area contributed by atoms with Crippen molar-refractivity contribution in [3.63, 3.8) is 0 Å². The van der Waals surface area contributed by atoms with Gasteiger partial charge in [-0.3, -0.25) is 0 Å². The molecule has 1 heterocycles. The predicted octanol–water partition coefficient (Wildman–Crippen LogP) is 2.77. The summed E-state index contributed by atoms with van der Waals surface area (Å²) in [7, 11) is 0. The Hall–Kier alpha value is -0.380. The average molecular weight is 243 g/mol. The topological polar surface area (TPSA) is 38.0 Å². The smallest absolute Gasteiger partial charge is 0.0543 e. The first-order chi connectivity index (χ1) is 7.25. The lowest BCUT2D eigenvalue weighted by Gasteiger charge is -2.22. The monoisotopic (exact) mass is 242 g/mol. The lowest BCUT2D eigenvalue weighted by atomic mass is 10.2. The Morgan fingerprint density at radius 2 is 2.33 bits per heavy atom. The molecule has 1 unspecified atom stereocenters. The number of hydrogen-bond donors (Lipinski definition) is 2. The molecule has 15 heavy (non-hydrogen) atoms. The Kier molecular flexibility index (Phi) is 3.78. The fourth-order valence-corrected chi connectivity index (χ4v) is 3.19. The highest BCUT2D eigenvalue weighted by Crippen LogP contribution is 2.34. The molecule has 0 radical (unpaired) electrons. The van der Waals surface area contributed by atoms with Crippen LogP contribution in [-0.4, -0.2) is 18.3 Å². The van der Waals surface area contributed by atoms with Crippen LogP contribution in [0.1, 0.15) is 12.8 Å². The van der Waals surface area contributed by atoms with E-state index in [1.54, 1.807) is 0 Å². The maximum atomic E-state index is 6.12. The molecule has 2 nitrogen and oxygen atoms in total. The Bertz CT molecular complexity index is 337. The lowest BCUT2D eigenvalue weighted by molar-refractivity contribution is 0.531. The standard InChI is InChI=1S/C11H15ClN2S/c12-10-4-3-8(13)6-11(10)15-9-2-1-5-14-7-9/h3-4,6,9,14H,1-2,5,7,13H2. The van der Waals surface area contributed by atoms with Gasteiger partial charge in [0.1, 0.15) is 0 Å². The number of thioether (sulfide) groups is 1. The fraction of sp³-hybridized carbons (Fsp3) is 0.455. The zero-order valence-corrected chi connectivity index (χ0v) is 10.1. The average Bonchev–Trinajstić information content (AvgIpc) is 2.25. The summed E-state index contributed by atoms with van der Waals surface area (Å²) < 4.78 is 0. The van der Waals surface area contributed by atoms with E-state index in [1.165, 1.54) is 12.8 Å². The van der Waals surface area contributed by atoms with E-state index in [9.17, 15) is 0 Å². The molecule has 0 saturated carbocycles. The van der Waals surface area contributed by atoms with Crippen molar-refractivity contribution in [2.24, 2.45) is 0 Å². The van der Waals surface area contributed by atoms with Crippen LogP contribution < -0.4 is 11.1 Å². The largest absolute Gasteiger partial charge is 0.399 e. The van der Waals surface area contributed by atoms with Crippen LogP contribution in [0, 0.1) is 0 Å². The molecule has 0 aromatic heterocycles. The molecular formula is C11H15ClN2S. The second-order valence-corrected chi connectivity index (χ2v) is 5.53. The van der Waals surface area contributed by atoms with Gasteiger partial charge in [-0.2, -0.15) is 0 Å². The molecule has 1 fully saturated rings. The molecule has 82 valence electrons. The predicted molar refractivity (Wildman–Crippen MR) is 67.6 cm³/mol. The molecule has 0 amide bonds. The zero-order valence-electron chi connectivity index (χ0n) is 8.50. The molecule has 1 aromatic carbocycles. The van der Waals surface area contributed by atoms with Crippen molar-refractivity contribution < 1.29 is 0 Å². The van der Waals surface area contributed by atoms with Crippen molar-refractivity contribution in [2.45, 2.75) is 23.0 Å². The number of benzene rings is 1. The van der Waals surface area contributed by atoms with Gasteiger partial charge in [-0.05, 0) is 37.6 Å². The van der Waals surface area contributed by atoms with Gasteiger partial charge in [0.2, 0.25) is 0 Å². The van der Waals surface area contributed by atoms with E-state index in [0.29, 0.717) is 5.25 Å². The molecular weight excluding hydrogens is 228 g/mol. The molecule has 2 rings (SSSR count). The van der Waals surface area contributed by atoms with Crippen LogP contribution in [0.25, 0.3) is 0 Å². The number of nitrogens with one attached hydrogen (secondary N) is 1. The van der Waals surface area contributed by atoms with E-state index in [2.05, 4.69) is 5.32 Å². The van der Waals surface area contributed by atoms with Crippen molar-refractivity contribution >= 4 is 29.1 Å². The van der Waals surface area contributed by atoms with Gasteiger partial charge in [0.15, 0.2) is 0 Å². The van der Waals surface area contributed by atoms with Crippen molar-refractivity contribution in [1.29, 1.82) is 0 Å². The first-order valence-electron chi connectivity index (χ1n) is 5.18. The molecule has 0 aliphatic carbocycles. The van der Waals surface area contributed by atoms with E-state index >= 15 is 0 Å². The van der Waals surface area contributed by atoms with Crippen LogP contribution >= 0.6 is 23.4 Å².